The van der Waals surface area contributed by atoms with Gasteiger partial charge in [-0.3, -0.25) is 24.0 Å². The van der Waals surface area contributed by atoms with Gasteiger partial charge in [0.15, 0.2) is 5.69 Å². The number of aromatic nitrogens is 3. The summed E-state index contributed by atoms with van der Waals surface area (Å²) in [4.78, 5) is 45.1. The molecule has 0 radical (unpaired) electrons. The van der Waals surface area contributed by atoms with E-state index in [9.17, 15) is 14.4 Å². The van der Waals surface area contributed by atoms with Crippen molar-refractivity contribution in [1.82, 2.24) is 14.5 Å². The second-order valence-corrected chi connectivity index (χ2v) is 7.26. The highest BCUT2D eigenvalue weighted by molar-refractivity contribution is 7.09. The zero-order valence-electron chi connectivity index (χ0n) is 15.2. The average molecular weight is 381 g/mol. The van der Waals surface area contributed by atoms with Crippen molar-refractivity contribution in [2.75, 3.05) is 30.9 Å². The number of aromatic amines is 1. The van der Waals surface area contributed by atoms with E-state index in [-0.39, 0.29) is 36.3 Å². The van der Waals surface area contributed by atoms with Gasteiger partial charge in [0.25, 0.3) is 11.5 Å². The summed E-state index contributed by atoms with van der Waals surface area (Å²) in [5, 5.41) is 2.35. The highest BCUT2D eigenvalue weighted by Gasteiger charge is 2.26. The third kappa shape index (κ3) is 4.20. The molecular formula is C16H23N5O4S. The average Bonchev–Trinajstić information content (AvgIpc) is 3.00. The van der Waals surface area contributed by atoms with Crippen molar-refractivity contribution in [1.29, 1.82) is 0 Å². The summed E-state index contributed by atoms with van der Waals surface area (Å²) in [5.74, 6) is -0.403. The number of nitrogen functional groups attached to an aromatic ring is 1. The molecular weight excluding hydrogens is 358 g/mol. The van der Waals surface area contributed by atoms with Crippen LogP contribution in [0.4, 0.5) is 11.5 Å². The van der Waals surface area contributed by atoms with E-state index in [0.29, 0.717) is 6.54 Å². The zero-order valence-corrected chi connectivity index (χ0v) is 16.1. The fourth-order valence-electron chi connectivity index (χ4n) is 2.48. The van der Waals surface area contributed by atoms with Gasteiger partial charge in [0.1, 0.15) is 11.5 Å². The molecule has 0 fully saturated rings. The van der Waals surface area contributed by atoms with Crippen molar-refractivity contribution in [3.05, 3.63) is 36.9 Å². The van der Waals surface area contributed by atoms with Gasteiger partial charge in [-0.15, -0.1) is 11.3 Å². The van der Waals surface area contributed by atoms with Crippen LogP contribution >= 0.6 is 11.3 Å². The number of nitrogens with two attached hydrogens (primary N) is 1. The van der Waals surface area contributed by atoms with Gasteiger partial charge >= 0.3 is 5.69 Å². The molecule has 26 heavy (non-hydrogen) atoms. The lowest BCUT2D eigenvalue weighted by Crippen LogP contribution is -2.43. The molecule has 2 aromatic heterocycles. The molecule has 3 N–H and O–H groups in total. The topological polar surface area (TPSA) is 123 Å². The minimum Gasteiger partial charge on any atom is -0.383 e. The number of amides is 1. The van der Waals surface area contributed by atoms with E-state index >= 15 is 0 Å². The highest BCUT2D eigenvalue weighted by Crippen LogP contribution is 2.20. The number of carbonyl (C=O) groups is 1. The van der Waals surface area contributed by atoms with Crippen LogP contribution in [0.3, 0.4) is 0 Å². The van der Waals surface area contributed by atoms with E-state index in [1.54, 1.807) is 12.3 Å². The first-order valence-electron chi connectivity index (χ1n) is 8.11. The molecule has 0 atom stereocenters. The normalized spacial score (nSPS) is 11.1. The number of aryl methyl sites for hydroxylation is 1. The van der Waals surface area contributed by atoms with Crippen molar-refractivity contribution in [3.8, 4) is 0 Å². The lowest BCUT2D eigenvalue weighted by Gasteiger charge is -2.24. The Morgan fingerprint density at radius 2 is 2.15 bits per heavy atom. The van der Waals surface area contributed by atoms with Gasteiger partial charge < -0.3 is 10.5 Å². The molecule has 10 heteroatoms. The molecule has 1 amide bonds. The van der Waals surface area contributed by atoms with Crippen LogP contribution in [-0.4, -0.2) is 40.7 Å². The minimum atomic E-state index is -0.719. The van der Waals surface area contributed by atoms with Gasteiger partial charge in [0.2, 0.25) is 0 Å². The van der Waals surface area contributed by atoms with E-state index in [2.05, 4.69) is 9.97 Å². The second kappa shape index (κ2) is 8.28. The van der Waals surface area contributed by atoms with Crippen molar-refractivity contribution in [2.45, 2.75) is 27.3 Å². The minimum absolute atomic E-state index is 0.0520. The molecule has 0 saturated heterocycles. The number of hydrogen-bond acceptors (Lipinski definition) is 7. The SMILES string of the molecule is COCCN(C(=O)c1csc(C)n1)c1c(N)n(CC(C)C)c(=O)[nH]c1=O. The molecule has 0 aliphatic heterocycles. The number of methoxy groups -OCH3 is 1. The summed E-state index contributed by atoms with van der Waals surface area (Å²) in [5.41, 5.74) is 4.94. The number of ether oxygens (including phenoxy) is 1. The third-order valence-corrected chi connectivity index (χ3v) is 4.41. The monoisotopic (exact) mass is 381 g/mol. The fraction of sp³-hybridized carbons (Fsp3) is 0.500. The zero-order chi connectivity index (χ0) is 19.4. The predicted octanol–water partition coefficient (Wildman–Crippen LogP) is 0.833. The summed E-state index contributed by atoms with van der Waals surface area (Å²) in [6.07, 6.45) is 0. The number of anilines is 2. The Morgan fingerprint density at radius 3 is 2.69 bits per heavy atom. The van der Waals surface area contributed by atoms with E-state index in [1.807, 2.05) is 13.8 Å². The van der Waals surface area contributed by atoms with Crippen LogP contribution in [0.5, 0.6) is 0 Å². The molecule has 0 aliphatic carbocycles. The largest absolute Gasteiger partial charge is 0.383 e. The van der Waals surface area contributed by atoms with Gasteiger partial charge in [-0.1, -0.05) is 13.8 Å². The molecule has 2 aromatic rings. The van der Waals surface area contributed by atoms with Crippen LogP contribution in [-0.2, 0) is 11.3 Å². The summed E-state index contributed by atoms with van der Waals surface area (Å²) in [7, 11) is 1.49. The first-order valence-corrected chi connectivity index (χ1v) is 8.99. The van der Waals surface area contributed by atoms with Gasteiger partial charge in [-0.25, -0.2) is 9.78 Å². The lowest BCUT2D eigenvalue weighted by atomic mass is 10.2. The summed E-state index contributed by atoms with van der Waals surface area (Å²) in [6.45, 7) is 6.22. The molecule has 0 aromatic carbocycles. The highest BCUT2D eigenvalue weighted by atomic mass is 32.1. The van der Waals surface area contributed by atoms with E-state index in [0.717, 1.165) is 5.01 Å². The van der Waals surface area contributed by atoms with E-state index in [1.165, 1.54) is 27.9 Å². The van der Waals surface area contributed by atoms with Crippen LogP contribution < -0.4 is 21.9 Å². The molecule has 0 bridgehead atoms. The molecule has 9 nitrogen and oxygen atoms in total. The Balaban J connectivity index is 2.59. The summed E-state index contributed by atoms with van der Waals surface area (Å²) in [6, 6.07) is 0. The first-order chi connectivity index (χ1) is 12.3. The smallest absolute Gasteiger partial charge is 0.330 e. The maximum absolute atomic E-state index is 12.9. The lowest BCUT2D eigenvalue weighted by molar-refractivity contribution is 0.0971. The summed E-state index contributed by atoms with van der Waals surface area (Å²) >= 11 is 1.33. The molecule has 2 heterocycles. The molecule has 0 saturated carbocycles. The van der Waals surface area contributed by atoms with Gasteiger partial charge in [-0.05, 0) is 12.8 Å². The molecule has 0 aliphatic rings. The number of thiazole rings is 1. The number of rotatable bonds is 7. The van der Waals surface area contributed by atoms with Crippen LogP contribution in [0.1, 0.15) is 29.3 Å². The number of H-pyrrole nitrogens is 1. The third-order valence-electron chi connectivity index (χ3n) is 3.63. The van der Waals surface area contributed by atoms with Crippen molar-refractivity contribution in [2.24, 2.45) is 5.92 Å². The van der Waals surface area contributed by atoms with Crippen molar-refractivity contribution < 1.29 is 9.53 Å². The Hall–Kier alpha value is -2.46. The Morgan fingerprint density at radius 1 is 1.46 bits per heavy atom. The van der Waals surface area contributed by atoms with Crippen LogP contribution in [0.15, 0.2) is 15.0 Å². The van der Waals surface area contributed by atoms with Gasteiger partial charge in [0, 0.05) is 25.6 Å². The Labute approximate surface area is 154 Å². The standard InChI is InChI=1S/C16H23N5O4S/c1-9(2)7-21-13(17)12(14(22)19-16(21)24)20(5-6-25-4)15(23)11-8-26-10(3)18-11/h8-9H,5-7,17H2,1-4H3,(H,19,22,24). The van der Waals surface area contributed by atoms with Crippen LogP contribution in [0.2, 0.25) is 0 Å². The van der Waals surface area contributed by atoms with Crippen molar-refractivity contribution >= 4 is 28.7 Å². The second-order valence-electron chi connectivity index (χ2n) is 6.20. The molecule has 0 unspecified atom stereocenters. The number of nitrogens with one attached hydrogen (secondary N) is 1. The molecule has 2 rings (SSSR count). The Kier molecular flexibility index (Phi) is 6.32. The van der Waals surface area contributed by atoms with E-state index < -0.39 is 17.2 Å². The fourth-order valence-corrected chi connectivity index (χ4v) is 3.07. The van der Waals surface area contributed by atoms with E-state index in [4.69, 9.17) is 10.5 Å². The quantitative estimate of drug-likeness (QED) is 0.732. The number of carbonyl (C=O) groups excluding carboxylic acids is 1. The first kappa shape index (κ1) is 19.9. The Bertz CT molecular complexity index is 899. The maximum Gasteiger partial charge on any atom is 0.330 e. The van der Waals surface area contributed by atoms with Crippen molar-refractivity contribution in [3.63, 3.8) is 0 Å². The maximum atomic E-state index is 12.9. The van der Waals surface area contributed by atoms with Gasteiger partial charge in [-0.2, -0.15) is 0 Å². The van der Waals surface area contributed by atoms with Crippen LogP contribution in [0.25, 0.3) is 0 Å². The molecule has 142 valence electrons. The summed E-state index contributed by atoms with van der Waals surface area (Å²) < 4.78 is 6.31. The predicted molar refractivity (Wildman–Crippen MR) is 101 cm³/mol. The molecule has 0 spiro atoms. The van der Waals surface area contributed by atoms with Crippen LogP contribution in [0, 0.1) is 12.8 Å². The van der Waals surface area contributed by atoms with Gasteiger partial charge in [0.05, 0.1) is 11.6 Å². The number of nitrogens with zero attached hydrogens (tertiary/aromatic N) is 3. The number of hydrogen-bond donors (Lipinski definition) is 2.